The fraction of sp³-hybridized carbons (Fsp3) is 0.500. The van der Waals surface area contributed by atoms with E-state index in [2.05, 4.69) is 10.6 Å². The second kappa shape index (κ2) is 8.54. The fourth-order valence-electron chi connectivity index (χ4n) is 3.06. The predicted molar refractivity (Wildman–Crippen MR) is 95.7 cm³/mol. The first-order valence-electron chi connectivity index (χ1n) is 8.86. The largest absolute Gasteiger partial charge is 0.376 e. The molecule has 1 atom stereocenters. The van der Waals surface area contributed by atoms with E-state index in [1.165, 1.54) is 0 Å². The van der Waals surface area contributed by atoms with Gasteiger partial charge >= 0.3 is 12.1 Å². The van der Waals surface area contributed by atoms with E-state index >= 15 is 0 Å². The lowest BCUT2D eigenvalue weighted by atomic mass is 10.2. The Bertz CT molecular complexity index is 671. The standard InChI is InChI=1S/C18H23N5O3/c19-12-14-3-5-15(6-4-14)21-18(25)23-9-7-22(8-10-23)17(24)20-13-16-2-1-11-26-16/h3-6,16H,1-2,7-11,13H2,(H,20,24)(H,21,25). The van der Waals surface area contributed by atoms with Crippen molar-refractivity contribution >= 4 is 17.7 Å². The third-order valence-electron chi connectivity index (χ3n) is 4.62. The summed E-state index contributed by atoms with van der Waals surface area (Å²) in [5.41, 5.74) is 1.19. The highest BCUT2D eigenvalue weighted by Gasteiger charge is 2.25. The zero-order chi connectivity index (χ0) is 18.4. The van der Waals surface area contributed by atoms with E-state index in [1.54, 1.807) is 34.1 Å². The maximum absolute atomic E-state index is 12.3. The molecule has 0 spiro atoms. The van der Waals surface area contributed by atoms with Crippen LogP contribution in [0.3, 0.4) is 0 Å². The molecule has 2 fully saturated rings. The number of hydrogen-bond donors (Lipinski definition) is 2. The van der Waals surface area contributed by atoms with E-state index in [4.69, 9.17) is 10.00 Å². The minimum absolute atomic E-state index is 0.104. The van der Waals surface area contributed by atoms with Crippen LogP contribution in [0.4, 0.5) is 15.3 Å². The first-order chi connectivity index (χ1) is 12.7. The normalized spacial score (nSPS) is 19.7. The van der Waals surface area contributed by atoms with Gasteiger partial charge in [-0.2, -0.15) is 5.26 Å². The number of nitrogens with zero attached hydrogens (tertiary/aromatic N) is 3. The van der Waals surface area contributed by atoms with Gasteiger partial charge in [-0.15, -0.1) is 0 Å². The minimum atomic E-state index is -0.200. The summed E-state index contributed by atoms with van der Waals surface area (Å²) < 4.78 is 5.50. The van der Waals surface area contributed by atoms with Crippen molar-refractivity contribution in [2.75, 3.05) is 44.6 Å². The molecule has 26 heavy (non-hydrogen) atoms. The lowest BCUT2D eigenvalue weighted by Gasteiger charge is -2.34. The van der Waals surface area contributed by atoms with Crippen molar-refractivity contribution in [2.45, 2.75) is 18.9 Å². The Kier molecular flexibility index (Phi) is 5.92. The zero-order valence-corrected chi connectivity index (χ0v) is 14.6. The van der Waals surface area contributed by atoms with E-state index < -0.39 is 0 Å². The quantitative estimate of drug-likeness (QED) is 0.858. The number of ether oxygens (including phenoxy) is 1. The van der Waals surface area contributed by atoms with Crippen LogP contribution in [0.2, 0.25) is 0 Å². The van der Waals surface area contributed by atoms with Crippen LogP contribution in [-0.2, 0) is 4.74 Å². The maximum atomic E-state index is 12.3. The molecule has 0 saturated carbocycles. The Morgan fingerprint density at radius 3 is 2.35 bits per heavy atom. The van der Waals surface area contributed by atoms with Gasteiger partial charge in [0.25, 0.3) is 0 Å². The van der Waals surface area contributed by atoms with Gasteiger partial charge in [0.05, 0.1) is 17.7 Å². The molecule has 4 amide bonds. The van der Waals surface area contributed by atoms with E-state index in [-0.39, 0.29) is 18.2 Å². The van der Waals surface area contributed by atoms with E-state index in [9.17, 15) is 9.59 Å². The lowest BCUT2D eigenvalue weighted by molar-refractivity contribution is 0.106. The van der Waals surface area contributed by atoms with Crippen molar-refractivity contribution < 1.29 is 14.3 Å². The van der Waals surface area contributed by atoms with Crippen molar-refractivity contribution in [3.63, 3.8) is 0 Å². The van der Waals surface area contributed by atoms with Gasteiger partial charge in [-0.25, -0.2) is 9.59 Å². The molecule has 0 radical (unpaired) electrons. The van der Waals surface area contributed by atoms with Crippen molar-refractivity contribution in [3.8, 4) is 6.07 Å². The van der Waals surface area contributed by atoms with Crippen LogP contribution in [0.5, 0.6) is 0 Å². The molecule has 1 aromatic carbocycles. The maximum Gasteiger partial charge on any atom is 0.321 e. The van der Waals surface area contributed by atoms with Gasteiger partial charge in [0.1, 0.15) is 0 Å². The molecular weight excluding hydrogens is 334 g/mol. The van der Waals surface area contributed by atoms with Crippen LogP contribution in [0.15, 0.2) is 24.3 Å². The summed E-state index contributed by atoms with van der Waals surface area (Å²) in [5.74, 6) is 0. The zero-order valence-electron chi connectivity index (χ0n) is 14.6. The highest BCUT2D eigenvalue weighted by Crippen LogP contribution is 2.12. The molecule has 2 N–H and O–H groups in total. The van der Waals surface area contributed by atoms with E-state index in [0.29, 0.717) is 44.0 Å². The van der Waals surface area contributed by atoms with Gasteiger partial charge in [0.15, 0.2) is 0 Å². The number of hydrogen-bond acceptors (Lipinski definition) is 4. The molecule has 1 unspecified atom stereocenters. The number of nitrogens with one attached hydrogen (secondary N) is 2. The second-order valence-electron chi connectivity index (χ2n) is 6.41. The highest BCUT2D eigenvalue weighted by molar-refractivity contribution is 5.89. The van der Waals surface area contributed by atoms with Crippen LogP contribution in [0.25, 0.3) is 0 Å². The Morgan fingerprint density at radius 1 is 1.12 bits per heavy atom. The van der Waals surface area contributed by atoms with Crippen LogP contribution >= 0.6 is 0 Å². The smallest absolute Gasteiger partial charge is 0.321 e. The van der Waals surface area contributed by atoms with Crippen LogP contribution in [0, 0.1) is 11.3 Å². The van der Waals surface area contributed by atoms with E-state index in [1.807, 2.05) is 6.07 Å². The number of anilines is 1. The highest BCUT2D eigenvalue weighted by atomic mass is 16.5. The summed E-state index contributed by atoms with van der Waals surface area (Å²) >= 11 is 0. The minimum Gasteiger partial charge on any atom is -0.376 e. The molecule has 2 saturated heterocycles. The first kappa shape index (κ1) is 18.0. The topological polar surface area (TPSA) is 97.7 Å². The first-order valence-corrected chi connectivity index (χ1v) is 8.86. The summed E-state index contributed by atoms with van der Waals surface area (Å²) in [7, 11) is 0. The molecule has 138 valence electrons. The van der Waals surface area contributed by atoms with Crippen molar-refractivity contribution in [3.05, 3.63) is 29.8 Å². The molecule has 0 bridgehead atoms. The Labute approximate surface area is 152 Å². The monoisotopic (exact) mass is 357 g/mol. The third-order valence-corrected chi connectivity index (χ3v) is 4.62. The SMILES string of the molecule is N#Cc1ccc(NC(=O)N2CCN(C(=O)NCC3CCCO3)CC2)cc1. The van der Waals surface area contributed by atoms with Gasteiger partial charge in [0.2, 0.25) is 0 Å². The van der Waals surface area contributed by atoms with Crippen LogP contribution < -0.4 is 10.6 Å². The lowest BCUT2D eigenvalue weighted by Crippen LogP contribution is -2.54. The summed E-state index contributed by atoms with van der Waals surface area (Å²) in [4.78, 5) is 27.9. The predicted octanol–water partition coefficient (Wildman–Crippen LogP) is 1.60. The number of rotatable bonds is 3. The average Bonchev–Trinajstić information content (AvgIpc) is 3.20. The van der Waals surface area contributed by atoms with Crippen LogP contribution in [0.1, 0.15) is 18.4 Å². The summed E-state index contributed by atoms with van der Waals surface area (Å²) in [5, 5.41) is 14.5. The molecule has 0 aromatic heterocycles. The van der Waals surface area contributed by atoms with Gasteiger partial charge < -0.3 is 25.2 Å². The number of nitriles is 1. The Balaban J connectivity index is 1.41. The molecule has 8 heteroatoms. The van der Waals surface area contributed by atoms with Gasteiger partial charge in [-0.3, -0.25) is 0 Å². The molecule has 1 aromatic rings. The summed E-state index contributed by atoms with van der Waals surface area (Å²) in [6.07, 6.45) is 2.16. The van der Waals surface area contributed by atoms with Crippen molar-refractivity contribution in [1.29, 1.82) is 5.26 Å². The second-order valence-corrected chi connectivity index (χ2v) is 6.41. The van der Waals surface area contributed by atoms with Gasteiger partial charge in [-0.1, -0.05) is 0 Å². The summed E-state index contributed by atoms with van der Waals surface area (Å²) in [6.45, 7) is 3.27. The van der Waals surface area contributed by atoms with Gasteiger partial charge in [0, 0.05) is 45.0 Å². The van der Waals surface area contributed by atoms with Crippen molar-refractivity contribution in [1.82, 2.24) is 15.1 Å². The van der Waals surface area contributed by atoms with Gasteiger partial charge in [-0.05, 0) is 37.1 Å². The van der Waals surface area contributed by atoms with Crippen molar-refractivity contribution in [2.24, 2.45) is 0 Å². The van der Waals surface area contributed by atoms with Crippen LogP contribution in [-0.4, -0.2) is 67.3 Å². The molecule has 3 rings (SSSR count). The van der Waals surface area contributed by atoms with E-state index in [0.717, 1.165) is 19.4 Å². The molecule has 8 nitrogen and oxygen atoms in total. The number of benzene rings is 1. The number of carbonyl (C=O) groups is 2. The Morgan fingerprint density at radius 2 is 1.77 bits per heavy atom. The third kappa shape index (κ3) is 4.64. The molecule has 2 aliphatic heterocycles. The fourth-order valence-corrected chi connectivity index (χ4v) is 3.06. The summed E-state index contributed by atoms with van der Waals surface area (Å²) in [6, 6.07) is 8.45. The molecule has 2 aliphatic rings. The number of amides is 4. The average molecular weight is 357 g/mol. The molecule has 2 heterocycles. The number of urea groups is 2. The Hall–Kier alpha value is -2.79. The molecule has 0 aliphatic carbocycles. The number of carbonyl (C=O) groups excluding carboxylic acids is 2. The molecular formula is C18H23N5O3. The number of piperazine rings is 1.